The smallest absolute Gasteiger partial charge is 0.217 e. The molecule has 0 fully saturated rings. The topological polar surface area (TPSA) is 68.9 Å². The molecule has 0 unspecified atom stereocenters. The van der Waals surface area contributed by atoms with Gasteiger partial charge in [0.15, 0.2) is 0 Å². The molecule has 1 heterocycles. The number of aromatic nitrogens is 2. The van der Waals surface area contributed by atoms with Crippen molar-refractivity contribution in [3.8, 4) is 22.4 Å². The molecule has 4 nitrogen and oxygen atoms in total. The molecule has 126 valence electrons. The zero-order valence-corrected chi connectivity index (χ0v) is 14.5. The monoisotopic (exact) mass is 331 g/mol. The van der Waals surface area contributed by atoms with Crippen LogP contribution in [-0.4, -0.2) is 16.1 Å². The molecule has 0 saturated heterocycles. The maximum absolute atomic E-state index is 11.3. The molecule has 2 N–H and O–H groups in total. The molecule has 4 heteroatoms. The molecular weight excluding hydrogens is 310 g/mol. The molecule has 0 bridgehead atoms. The largest absolute Gasteiger partial charge is 0.370 e. The third-order valence-corrected chi connectivity index (χ3v) is 4.15. The van der Waals surface area contributed by atoms with Gasteiger partial charge in [-0.05, 0) is 55.2 Å². The zero-order valence-electron chi connectivity index (χ0n) is 14.5. The highest BCUT2D eigenvalue weighted by molar-refractivity contribution is 5.77. The van der Waals surface area contributed by atoms with Gasteiger partial charge in [-0.25, -0.2) is 0 Å². The summed E-state index contributed by atoms with van der Waals surface area (Å²) in [6, 6.07) is 16.5. The number of amides is 1. The van der Waals surface area contributed by atoms with E-state index in [0.717, 1.165) is 27.9 Å². The van der Waals surface area contributed by atoms with Gasteiger partial charge in [-0.3, -0.25) is 4.79 Å². The van der Waals surface area contributed by atoms with E-state index in [0.29, 0.717) is 12.8 Å². The Kier molecular flexibility index (Phi) is 4.89. The first-order chi connectivity index (χ1) is 12.0. The van der Waals surface area contributed by atoms with Gasteiger partial charge in [0.1, 0.15) is 0 Å². The first kappa shape index (κ1) is 16.8. The Morgan fingerprint density at radius 2 is 1.76 bits per heavy atom. The van der Waals surface area contributed by atoms with Gasteiger partial charge in [-0.1, -0.05) is 41.5 Å². The van der Waals surface area contributed by atoms with Gasteiger partial charge in [0.05, 0.1) is 5.69 Å². The summed E-state index contributed by atoms with van der Waals surface area (Å²) in [5.74, 6) is -0.295. The molecule has 0 aliphatic heterocycles. The molecule has 0 saturated carbocycles. The van der Waals surface area contributed by atoms with E-state index in [9.17, 15) is 4.79 Å². The minimum Gasteiger partial charge on any atom is -0.370 e. The normalized spacial score (nSPS) is 10.6. The lowest BCUT2D eigenvalue weighted by molar-refractivity contribution is -0.117. The highest BCUT2D eigenvalue weighted by atomic mass is 16.1. The van der Waals surface area contributed by atoms with Crippen molar-refractivity contribution in [2.45, 2.75) is 26.7 Å². The minimum atomic E-state index is -0.295. The van der Waals surface area contributed by atoms with Crippen LogP contribution in [0.5, 0.6) is 0 Å². The van der Waals surface area contributed by atoms with E-state index in [1.54, 1.807) is 6.20 Å². The average Bonchev–Trinajstić information content (AvgIpc) is 2.59. The quantitative estimate of drug-likeness (QED) is 0.772. The molecule has 1 aromatic heterocycles. The van der Waals surface area contributed by atoms with E-state index < -0.39 is 0 Å². The van der Waals surface area contributed by atoms with E-state index in [2.05, 4.69) is 54.4 Å². The summed E-state index contributed by atoms with van der Waals surface area (Å²) in [4.78, 5) is 11.3. The van der Waals surface area contributed by atoms with Crippen LogP contribution < -0.4 is 5.73 Å². The van der Waals surface area contributed by atoms with Crippen LogP contribution in [0.2, 0.25) is 0 Å². The summed E-state index contributed by atoms with van der Waals surface area (Å²) in [5, 5.41) is 8.12. The van der Waals surface area contributed by atoms with Crippen LogP contribution in [0.15, 0.2) is 54.7 Å². The predicted molar refractivity (Wildman–Crippen MR) is 99.9 cm³/mol. The lowest BCUT2D eigenvalue weighted by atomic mass is 9.92. The van der Waals surface area contributed by atoms with Crippen molar-refractivity contribution in [2.24, 2.45) is 5.73 Å². The number of hydrogen-bond acceptors (Lipinski definition) is 3. The van der Waals surface area contributed by atoms with Crippen molar-refractivity contribution in [3.63, 3.8) is 0 Å². The Labute approximate surface area is 147 Å². The number of nitrogens with zero attached hydrogens (tertiary/aromatic N) is 2. The zero-order chi connectivity index (χ0) is 17.8. The van der Waals surface area contributed by atoms with Gasteiger partial charge in [-0.15, -0.1) is 0 Å². The summed E-state index contributed by atoms with van der Waals surface area (Å²) in [6.45, 7) is 4.18. The molecule has 0 spiro atoms. The third-order valence-electron chi connectivity index (χ3n) is 4.15. The van der Waals surface area contributed by atoms with Gasteiger partial charge in [0.25, 0.3) is 0 Å². The number of benzene rings is 2. The lowest BCUT2D eigenvalue weighted by Crippen LogP contribution is -2.11. The van der Waals surface area contributed by atoms with E-state index in [1.165, 1.54) is 11.1 Å². The van der Waals surface area contributed by atoms with Crippen LogP contribution in [-0.2, 0) is 11.2 Å². The standard InChI is InChI=1S/C21H21N3O/c1-14-10-15(2)12-18(11-14)19-7-5-17(20-4-3-9-23-24-20)13-16(19)6-8-21(22)25/h3-5,7,9-13H,6,8H2,1-2H3,(H2,22,25). The fourth-order valence-corrected chi connectivity index (χ4v) is 3.09. The number of aryl methyl sites for hydroxylation is 3. The summed E-state index contributed by atoms with van der Waals surface area (Å²) >= 11 is 0. The third kappa shape index (κ3) is 4.10. The van der Waals surface area contributed by atoms with Gasteiger partial charge < -0.3 is 5.73 Å². The van der Waals surface area contributed by atoms with Crippen molar-refractivity contribution >= 4 is 5.91 Å². The molecule has 25 heavy (non-hydrogen) atoms. The Hall–Kier alpha value is -3.01. The van der Waals surface area contributed by atoms with Crippen molar-refractivity contribution < 1.29 is 4.79 Å². The van der Waals surface area contributed by atoms with E-state index >= 15 is 0 Å². The molecular formula is C21H21N3O. The fourth-order valence-electron chi connectivity index (χ4n) is 3.09. The Morgan fingerprint density at radius 3 is 2.40 bits per heavy atom. The molecule has 0 radical (unpaired) electrons. The van der Waals surface area contributed by atoms with E-state index in [4.69, 9.17) is 5.73 Å². The molecule has 0 aliphatic carbocycles. The lowest BCUT2D eigenvalue weighted by Gasteiger charge is -2.13. The van der Waals surface area contributed by atoms with Crippen molar-refractivity contribution in [3.05, 3.63) is 71.4 Å². The molecule has 3 rings (SSSR count). The van der Waals surface area contributed by atoms with Gasteiger partial charge in [0.2, 0.25) is 5.91 Å². The van der Waals surface area contributed by atoms with Crippen molar-refractivity contribution in [1.29, 1.82) is 0 Å². The Bertz CT molecular complexity index is 884. The maximum Gasteiger partial charge on any atom is 0.217 e. The van der Waals surface area contributed by atoms with Crippen LogP contribution in [0.25, 0.3) is 22.4 Å². The van der Waals surface area contributed by atoms with Gasteiger partial charge >= 0.3 is 0 Å². The number of carbonyl (C=O) groups excluding carboxylic acids is 1. The van der Waals surface area contributed by atoms with Crippen LogP contribution in [0.4, 0.5) is 0 Å². The van der Waals surface area contributed by atoms with Gasteiger partial charge in [-0.2, -0.15) is 10.2 Å². The highest BCUT2D eigenvalue weighted by Crippen LogP contribution is 2.30. The first-order valence-electron chi connectivity index (χ1n) is 8.31. The molecule has 2 aromatic carbocycles. The fraction of sp³-hybridized carbons (Fsp3) is 0.190. The number of carbonyl (C=O) groups is 1. The highest BCUT2D eigenvalue weighted by Gasteiger charge is 2.10. The van der Waals surface area contributed by atoms with Crippen molar-refractivity contribution in [1.82, 2.24) is 10.2 Å². The second kappa shape index (κ2) is 7.26. The Balaban J connectivity index is 2.09. The number of primary amides is 1. The van der Waals surface area contributed by atoms with E-state index in [1.807, 2.05) is 18.2 Å². The molecule has 0 atom stereocenters. The van der Waals surface area contributed by atoms with Crippen LogP contribution in [0.3, 0.4) is 0 Å². The SMILES string of the molecule is Cc1cc(C)cc(-c2ccc(-c3cccnn3)cc2CCC(N)=O)c1. The average molecular weight is 331 g/mol. The molecule has 1 amide bonds. The maximum atomic E-state index is 11.3. The summed E-state index contributed by atoms with van der Waals surface area (Å²) in [7, 11) is 0. The second-order valence-electron chi connectivity index (χ2n) is 6.32. The van der Waals surface area contributed by atoms with Crippen LogP contribution in [0, 0.1) is 13.8 Å². The summed E-state index contributed by atoms with van der Waals surface area (Å²) < 4.78 is 0. The molecule has 3 aromatic rings. The van der Waals surface area contributed by atoms with Crippen LogP contribution in [0.1, 0.15) is 23.1 Å². The van der Waals surface area contributed by atoms with Crippen LogP contribution >= 0.6 is 0 Å². The number of hydrogen-bond donors (Lipinski definition) is 1. The summed E-state index contributed by atoms with van der Waals surface area (Å²) in [6.07, 6.45) is 2.58. The Morgan fingerprint density at radius 1 is 1.00 bits per heavy atom. The van der Waals surface area contributed by atoms with Gasteiger partial charge in [0, 0.05) is 18.2 Å². The number of nitrogens with two attached hydrogens (primary N) is 1. The summed E-state index contributed by atoms with van der Waals surface area (Å²) in [5.41, 5.74) is 13.0. The number of rotatable bonds is 5. The second-order valence-corrected chi connectivity index (χ2v) is 6.32. The van der Waals surface area contributed by atoms with E-state index in [-0.39, 0.29) is 5.91 Å². The predicted octanol–water partition coefficient (Wildman–Crippen LogP) is 3.85. The first-order valence-corrected chi connectivity index (χ1v) is 8.31. The van der Waals surface area contributed by atoms with Crippen molar-refractivity contribution in [2.75, 3.05) is 0 Å². The molecule has 0 aliphatic rings. The minimum absolute atomic E-state index is 0.295.